The van der Waals surface area contributed by atoms with Gasteiger partial charge in [-0.15, -0.1) is 0 Å². The molecule has 7 nitrogen and oxygen atoms in total. The first-order valence-electron chi connectivity index (χ1n) is 15.1. The second-order valence-corrected chi connectivity index (χ2v) is 12.0. The van der Waals surface area contributed by atoms with Crippen LogP contribution in [0.25, 0.3) is 0 Å². The molecule has 4 N–H and O–H groups in total. The van der Waals surface area contributed by atoms with Crippen molar-refractivity contribution in [2.45, 2.75) is 95.0 Å². The van der Waals surface area contributed by atoms with Gasteiger partial charge in [0.2, 0.25) is 0 Å². The Morgan fingerprint density at radius 3 is 2.89 bits per heavy atom. The molecule has 3 heterocycles. The lowest BCUT2D eigenvalue weighted by Gasteiger charge is -2.34. The van der Waals surface area contributed by atoms with Crippen LogP contribution in [-0.2, 0) is 9.47 Å². The number of hydrogen-bond acceptors (Lipinski definition) is 7. The largest absolute Gasteiger partial charge is 0.387 e. The highest BCUT2D eigenvalue weighted by molar-refractivity contribution is 5.37. The molecule has 8 heteroatoms. The zero-order valence-electron chi connectivity index (χ0n) is 23.1. The van der Waals surface area contributed by atoms with Gasteiger partial charge in [0.1, 0.15) is 12.4 Å². The summed E-state index contributed by atoms with van der Waals surface area (Å²) in [5.74, 6) is 0.693. The topological polar surface area (TPSA) is 78.0 Å². The van der Waals surface area contributed by atoms with Crippen LogP contribution < -0.4 is 16.0 Å². The van der Waals surface area contributed by atoms with E-state index in [0.717, 1.165) is 96.5 Å². The number of ether oxygens (including phenoxy) is 2. The van der Waals surface area contributed by atoms with Crippen LogP contribution in [0.4, 0.5) is 4.39 Å². The number of nitrogens with one attached hydrogen (secondary N) is 3. The molecule has 38 heavy (non-hydrogen) atoms. The molecule has 8 atom stereocenters. The summed E-state index contributed by atoms with van der Waals surface area (Å²) in [6.45, 7) is 8.60. The standard InChI is InChI=1S/C30H49FN4O3/c1-21-3-8-27(31)26(17-21)22-4-6-24(7-5-22)38-25-9-11-32-29(19-25)28-18-23(20-34-28)30(36)33-10-2-12-35-13-15-37-16-14-35/h4,9,11,17,21,23-25,27-30,32-34,36H,2-3,5-8,10,12-16,18-20H2,1H3/t21?,23?,24-,25?,27+,28?,29?,30?/m1/s1. The maximum atomic E-state index is 14.5. The van der Waals surface area contributed by atoms with Gasteiger partial charge >= 0.3 is 0 Å². The Labute approximate surface area is 228 Å². The van der Waals surface area contributed by atoms with Crippen molar-refractivity contribution in [3.63, 3.8) is 0 Å². The minimum absolute atomic E-state index is 0.0909. The predicted octanol–water partition coefficient (Wildman–Crippen LogP) is 3.03. The summed E-state index contributed by atoms with van der Waals surface area (Å²) in [6.07, 6.45) is 14.8. The van der Waals surface area contributed by atoms with Gasteiger partial charge in [0.15, 0.2) is 0 Å². The third-order valence-corrected chi connectivity index (χ3v) is 9.12. The molecule has 3 aliphatic heterocycles. The Kier molecular flexibility index (Phi) is 10.3. The highest BCUT2D eigenvalue weighted by atomic mass is 19.1. The molecule has 2 saturated heterocycles. The van der Waals surface area contributed by atoms with Crippen LogP contribution in [0.2, 0.25) is 0 Å². The number of nitrogens with zero attached hydrogens (tertiary/aromatic N) is 1. The average Bonchev–Trinajstić information content (AvgIpc) is 3.44. The van der Waals surface area contributed by atoms with E-state index in [-0.39, 0.29) is 18.1 Å². The van der Waals surface area contributed by atoms with E-state index in [0.29, 0.717) is 24.4 Å². The number of hydrogen-bond donors (Lipinski definition) is 4. The second-order valence-electron chi connectivity index (χ2n) is 12.0. The zero-order chi connectivity index (χ0) is 26.3. The van der Waals surface area contributed by atoms with E-state index in [2.05, 4.69) is 46.0 Å². The lowest BCUT2D eigenvalue weighted by Crippen LogP contribution is -2.47. The first kappa shape index (κ1) is 28.2. The van der Waals surface area contributed by atoms with Gasteiger partial charge in [-0.2, -0.15) is 0 Å². The average molecular weight is 533 g/mol. The Morgan fingerprint density at radius 2 is 2.08 bits per heavy atom. The van der Waals surface area contributed by atoms with E-state index >= 15 is 0 Å². The van der Waals surface area contributed by atoms with E-state index < -0.39 is 12.4 Å². The zero-order valence-corrected chi connectivity index (χ0v) is 23.1. The van der Waals surface area contributed by atoms with Crippen molar-refractivity contribution in [3.05, 3.63) is 35.6 Å². The van der Waals surface area contributed by atoms with Gasteiger partial charge in [0.05, 0.1) is 25.4 Å². The Bertz CT molecular complexity index is 845. The van der Waals surface area contributed by atoms with Crippen LogP contribution >= 0.6 is 0 Å². The Hall–Kier alpha value is -1.29. The summed E-state index contributed by atoms with van der Waals surface area (Å²) >= 11 is 0. The van der Waals surface area contributed by atoms with E-state index in [9.17, 15) is 9.50 Å². The molecule has 0 bridgehead atoms. The molecule has 0 spiro atoms. The third-order valence-electron chi connectivity index (χ3n) is 9.12. The van der Waals surface area contributed by atoms with Gasteiger partial charge in [0.25, 0.3) is 0 Å². The highest BCUT2D eigenvalue weighted by Gasteiger charge is 2.36. The van der Waals surface area contributed by atoms with Crippen LogP contribution in [0.1, 0.15) is 58.3 Å². The molecule has 0 aromatic rings. The van der Waals surface area contributed by atoms with Crippen molar-refractivity contribution in [1.29, 1.82) is 0 Å². The van der Waals surface area contributed by atoms with E-state index in [1.165, 1.54) is 5.57 Å². The van der Waals surface area contributed by atoms with Crippen molar-refractivity contribution in [3.8, 4) is 0 Å². The maximum absolute atomic E-state index is 14.5. The van der Waals surface area contributed by atoms with Crippen molar-refractivity contribution >= 4 is 0 Å². The molecule has 0 saturated carbocycles. The Morgan fingerprint density at radius 1 is 1.21 bits per heavy atom. The fourth-order valence-corrected chi connectivity index (χ4v) is 6.76. The number of aliphatic hydroxyl groups excluding tert-OH is 1. The minimum atomic E-state index is -0.797. The molecule has 0 radical (unpaired) electrons. The smallest absolute Gasteiger partial charge is 0.125 e. The SMILES string of the molecule is CC1C=C(C2=CC[C@@H](OC3C=CNC(C4CC(C(O)NCCCN5CCOCC5)CN4)C3)CC2)[C@@H](F)CC1. The lowest BCUT2D eigenvalue weighted by molar-refractivity contribution is -0.00457. The number of rotatable bonds is 10. The minimum Gasteiger partial charge on any atom is -0.387 e. The van der Waals surface area contributed by atoms with Crippen molar-refractivity contribution in [2.24, 2.45) is 11.8 Å². The number of alkyl halides is 1. The summed E-state index contributed by atoms with van der Waals surface area (Å²) in [7, 11) is 0. The molecule has 0 amide bonds. The molecule has 6 unspecified atom stereocenters. The highest BCUT2D eigenvalue weighted by Crippen LogP contribution is 2.35. The van der Waals surface area contributed by atoms with Crippen LogP contribution in [0.5, 0.6) is 0 Å². The van der Waals surface area contributed by atoms with Crippen LogP contribution in [-0.4, -0.2) is 92.6 Å². The van der Waals surface area contributed by atoms with Crippen molar-refractivity contribution in [1.82, 2.24) is 20.9 Å². The lowest BCUT2D eigenvalue weighted by atomic mass is 9.82. The van der Waals surface area contributed by atoms with E-state index in [1.807, 2.05) is 6.20 Å². The second kappa shape index (κ2) is 13.9. The summed E-state index contributed by atoms with van der Waals surface area (Å²) in [4.78, 5) is 2.43. The quantitative estimate of drug-likeness (QED) is 0.255. The van der Waals surface area contributed by atoms with Gasteiger partial charge in [-0.05, 0) is 93.8 Å². The van der Waals surface area contributed by atoms with Gasteiger partial charge < -0.3 is 25.2 Å². The number of morpholine rings is 1. The van der Waals surface area contributed by atoms with Crippen LogP contribution in [0, 0.1) is 11.8 Å². The third kappa shape index (κ3) is 7.67. The molecule has 2 aliphatic carbocycles. The number of aliphatic hydroxyl groups is 1. The fourth-order valence-electron chi connectivity index (χ4n) is 6.76. The normalized spacial score (nSPS) is 37.4. The first-order chi connectivity index (χ1) is 18.5. The fraction of sp³-hybridized carbons (Fsp3) is 0.800. The molecular weight excluding hydrogens is 483 g/mol. The molecule has 214 valence electrons. The molecular formula is C30H49FN4O3. The summed E-state index contributed by atoms with van der Waals surface area (Å²) in [5, 5.41) is 21.3. The number of allylic oxidation sites excluding steroid dienone is 3. The van der Waals surface area contributed by atoms with E-state index in [4.69, 9.17) is 9.47 Å². The molecule has 0 aromatic carbocycles. The van der Waals surface area contributed by atoms with Crippen LogP contribution in [0.3, 0.4) is 0 Å². The maximum Gasteiger partial charge on any atom is 0.125 e. The molecule has 5 rings (SSSR count). The molecule has 2 fully saturated rings. The first-order valence-corrected chi connectivity index (χ1v) is 15.1. The van der Waals surface area contributed by atoms with E-state index in [1.54, 1.807) is 0 Å². The van der Waals surface area contributed by atoms with Crippen molar-refractivity contribution < 1.29 is 19.0 Å². The summed E-state index contributed by atoms with van der Waals surface area (Å²) in [6, 6.07) is 0.611. The van der Waals surface area contributed by atoms with Gasteiger partial charge in [0, 0.05) is 37.6 Å². The monoisotopic (exact) mass is 532 g/mol. The molecule has 0 aromatic heterocycles. The van der Waals surface area contributed by atoms with Gasteiger partial charge in [-0.25, -0.2) is 4.39 Å². The van der Waals surface area contributed by atoms with Crippen molar-refractivity contribution in [2.75, 3.05) is 45.9 Å². The summed E-state index contributed by atoms with van der Waals surface area (Å²) in [5.41, 5.74) is 2.15. The molecule has 5 aliphatic rings. The van der Waals surface area contributed by atoms with Gasteiger partial charge in [-0.1, -0.05) is 19.1 Å². The Balaban J connectivity index is 1.02. The van der Waals surface area contributed by atoms with Gasteiger partial charge in [-0.3, -0.25) is 10.2 Å². The van der Waals surface area contributed by atoms with Crippen LogP contribution in [0.15, 0.2) is 35.6 Å². The summed E-state index contributed by atoms with van der Waals surface area (Å²) < 4.78 is 26.4. The number of halogens is 1. The predicted molar refractivity (Wildman–Crippen MR) is 148 cm³/mol.